The van der Waals surface area contributed by atoms with Gasteiger partial charge in [0.2, 0.25) is 0 Å². The molecule has 0 fully saturated rings. The number of phenols is 1. The van der Waals surface area contributed by atoms with Gasteiger partial charge in [0.15, 0.2) is 11.5 Å². The van der Waals surface area contributed by atoms with E-state index in [2.05, 4.69) is 26.2 Å². The lowest BCUT2D eigenvalue weighted by atomic mass is 10.1. The Bertz CT molecular complexity index is 602. The zero-order valence-electron chi connectivity index (χ0n) is 11.5. The third-order valence-electron chi connectivity index (χ3n) is 2.90. The summed E-state index contributed by atoms with van der Waals surface area (Å²) < 4.78 is 6.18. The van der Waals surface area contributed by atoms with Gasteiger partial charge in [-0.15, -0.1) is 0 Å². The molecule has 0 aliphatic carbocycles. The van der Waals surface area contributed by atoms with Crippen molar-refractivity contribution >= 4 is 21.6 Å². The quantitative estimate of drug-likeness (QED) is 0.814. The van der Waals surface area contributed by atoms with Gasteiger partial charge in [0.05, 0.1) is 18.0 Å². The summed E-state index contributed by atoms with van der Waals surface area (Å²) in [5, 5.41) is 13.4. The summed E-state index contributed by atoms with van der Waals surface area (Å²) >= 11 is 3.34. The van der Waals surface area contributed by atoms with Gasteiger partial charge in [-0.3, -0.25) is 0 Å². The van der Waals surface area contributed by atoms with E-state index >= 15 is 0 Å². The van der Waals surface area contributed by atoms with E-state index in [9.17, 15) is 5.11 Å². The number of rotatable bonds is 5. The summed E-state index contributed by atoms with van der Waals surface area (Å²) in [5.41, 5.74) is 2.63. The van der Waals surface area contributed by atoms with Gasteiger partial charge in [-0.05, 0) is 48.0 Å². The first-order valence-electron chi connectivity index (χ1n) is 6.42. The zero-order valence-corrected chi connectivity index (χ0v) is 13.1. The number of para-hydroxylation sites is 1. The predicted molar refractivity (Wildman–Crippen MR) is 83.3 cm³/mol. The molecular formula is C15H17BrN2O2. The lowest BCUT2D eigenvalue weighted by Crippen LogP contribution is -2.03. The van der Waals surface area contributed by atoms with Crippen LogP contribution in [0.2, 0.25) is 0 Å². The molecule has 0 amide bonds. The predicted octanol–water partition coefficient (Wildman–Crippen LogP) is 3.87. The number of hydrogen-bond donors (Lipinski definition) is 2. The molecule has 5 heteroatoms. The maximum Gasteiger partial charge on any atom is 0.162 e. The van der Waals surface area contributed by atoms with Crippen LogP contribution in [0.5, 0.6) is 11.5 Å². The van der Waals surface area contributed by atoms with E-state index in [0.717, 1.165) is 21.5 Å². The van der Waals surface area contributed by atoms with Crippen molar-refractivity contribution in [1.82, 2.24) is 4.98 Å². The molecule has 2 rings (SSSR count). The molecule has 1 aromatic carbocycles. The molecule has 0 spiro atoms. The Morgan fingerprint density at radius 3 is 2.80 bits per heavy atom. The van der Waals surface area contributed by atoms with E-state index in [4.69, 9.17) is 4.74 Å². The van der Waals surface area contributed by atoms with Gasteiger partial charge in [-0.25, -0.2) is 4.98 Å². The van der Waals surface area contributed by atoms with Crippen molar-refractivity contribution < 1.29 is 9.84 Å². The molecular weight excluding hydrogens is 320 g/mol. The Kier molecular flexibility index (Phi) is 4.84. The Hall–Kier alpha value is -1.75. The largest absolute Gasteiger partial charge is 0.504 e. The van der Waals surface area contributed by atoms with Crippen molar-refractivity contribution in [3.63, 3.8) is 0 Å². The second-order valence-corrected chi connectivity index (χ2v) is 5.13. The Morgan fingerprint density at radius 1 is 1.30 bits per heavy atom. The maximum atomic E-state index is 10.1. The number of aromatic nitrogens is 1. The third-order valence-corrected chi connectivity index (χ3v) is 3.35. The molecule has 4 nitrogen and oxygen atoms in total. The molecule has 0 aliphatic rings. The molecule has 0 aliphatic heterocycles. The van der Waals surface area contributed by atoms with E-state index in [-0.39, 0.29) is 5.75 Å². The SMILES string of the molecule is CCOc1cccc(CNc2ccc(Br)nc2C)c1O. The number of benzene rings is 1. The number of pyridine rings is 1. The number of nitrogens with zero attached hydrogens (tertiary/aromatic N) is 1. The average molecular weight is 337 g/mol. The molecule has 1 heterocycles. The smallest absolute Gasteiger partial charge is 0.162 e. The topological polar surface area (TPSA) is 54.4 Å². The highest BCUT2D eigenvalue weighted by molar-refractivity contribution is 9.10. The molecule has 0 saturated carbocycles. The normalized spacial score (nSPS) is 10.3. The minimum atomic E-state index is 0.185. The maximum absolute atomic E-state index is 10.1. The Labute approximate surface area is 126 Å². The van der Waals surface area contributed by atoms with E-state index in [0.29, 0.717) is 18.9 Å². The van der Waals surface area contributed by atoms with Crippen LogP contribution in [0.3, 0.4) is 0 Å². The van der Waals surface area contributed by atoms with Crippen molar-refractivity contribution in [2.45, 2.75) is 20.4 Å². The number of nitrogens with one attached hydrogen (secondary N) is 1. The van der Waals surface area contributed by atoms with E-state index < -0.39 is 0 Å². The van der Waals surface area contributed by atoms with Gasteiger partial charge in [0.25, 0.3) is 0 Å². The number of hydrogen-bond acceptors (Lipinski definition) is 4. The van der Waals surface area contributed by atoms with Crippen molar-refractivity contribution in [3.8, 4) is 11.5 Å². The third kappa shape index (κ3) is 3.42. The number of ether oxygens (including phenoxy) is 1. The van der Waals surface area contributed by atoms with Gasteiger partial charge in [0.1, 0.15) is 4.60 Å². The number of aromatic hydroxyl groups is 1. The van der Waals surface area contributed by atoms with Crippen LogP contribution in [0.25, 0.3) is 0 Å². The standard InChI is InChI=1S/C15H17BrN2O2/c1-3-20-13-6-4-5-11(15(13)19)9-17-12-7-8-14(16)18-10(12)2/h4-8,17,19H,3,9H2,1-2H3. The molecule has 20 heavy (non-hydrogen) atoms. The highest BCUT2D eigenvalue weighted by Gasteiger charge is 2.08. The van der Waals surface area contributed by atoms with Crippen molar-refractivity contribution in [1.29, 1.82) is 0 Å². The summed E-state index contributed by atoms with van der Waals surface area (Å²) in [7, 11) is 0. The van der Waals surface area contributed by atoms with Crippen LogP contribution in [-0.2, 0) is 6.54 Å². The number of aryl methyl sites for hydroxylation is 1. The van der Waals surface area contributed by atoms with E-state index in [1.807, 2.05) is 38.1 Å². The van der Waals surface area contributed by atoms with Crippen molar-refractivity contribution in [3.05, 3.63) is 46.2 Å². The summed E-state index contributed by atoms with van der Waals surface area (Å²) in [6.07, 6.45) is 0. The molecule has 1 aromatic heterocycles. The second kappa shape index (κ2) is 6.61. The first-order chi connectivity index (χ1) is 9.61. The first kappa shape index (κ1) is 14.7. The monoisotopic (exact) mass is 336 g/mol. The minimum Gasteiger partial charge on any atom is -0.504 e. The van der Waals surface area contributed by atoms with Crippen molar-refractivity contribution in [2.24, 2.45) is 0 Å². The lowest BCUT2D eigenvalue weighted by molar-refractivity contribution is 0.317. The Morgan fingerprint density at radius 2 is 2.10 bits per heavy atom. The summed E-state index contributed by atoms with van der Waals surface area (Å²) in [5.74, 6) is 0.696. The summed E-state index contributed by atoms with van der Waals surface area (Å²) in [6.45, 7) is 4.86. The van der Waals surface area contributed by atoms with E-state index in [1.54, 1.807) is 6.07 Å². The van der Waals surface area contributed by atoms with Gasteiger partial charge in [-0.2, -0.15) is 0 Å². The molecule has 0 radical (unpaired) electrons. The highest BCUT2D eigenvalue weighted by atomic mass is 79.9. The summed E-state index contributed by atoms with van der Waals surface area (Å²) in [6, 6.07) is 9.33. The molecule has 2 N–H and O–H groups in total. The van der Waals surface area contributed by atoms with Crippen LogP contribution in [0.15, 0.2) is 34.9 Å². The van der Waals surface area contributed by atoms with Gasteiger partial charge in [-0.1, -0.05) is 12.1 Å². The Balaban J connectivity index is 2.12. The molecule has 0 bridgehead atoms. The van der Waals surface area contributed by atoms with E-state index in [1.165, 1.54) is 0 Å². The van der Waals surface area contributed by atoms with Crippen LogP contribution in [-0.4, -0.2) is 16.7 Å². The second-order valence-electron chi connectivity index (χ2n) is 4.32. The van der Waals surface area contributed by atoms with Crippen LogP contribution in [0, 0.1) is 6.92 Å². The zero-order chi connectivity index (χ0) is 14.5. The molecule has 0 saturated heterocycles. The number of halogens is 1. The lowest BCUT2D eigenvalue weighted by Gasteiger charge is -2.12. The number of anilines is 1. The highest BCUT2D eigenvalue weighted by Crippen LogP contribution is 2.30. The number of phenolic OH excluding ortho intramolecular Hbond substituents is 1. The summed E-state index contributed by atoms with van der Waals surface area (Å²) in [4.78, 5) is 4.32. The molecule has 2 aromatic rings. The fourth-order valence-corrected chi connectivity index (χ4v) is 2.29. The fourth-order valence-electron chi connectivity index (χ4n) is 1.89. The van der Waals surface area contributed by atoms with Crippen LogP contribution < -0.4 is 10.1 Å². The first-order valence-corrected chi connectivity index (χ1v) is 7.21. The van der Waals surface area contributed by atoms with Crippen LogP contribution >= 0.6 is 15.9 Å². The van der Waals surface area contributed by atoms with Crippen molar-refractivity contribution in [2.75, 3.05) is 11.9 Å². The van der Waals surface area contributed by atoms with Crippen LogP contribution in [0.4, 0.5) is 5.69 Å². The average Bonchev–Trinajstić information content (AvgIpc) is 2.42. The van der Waals surface area contributed by atoms with Gasteiger partial charge < -0.3 is 15.2 Å². The molecule has 106 valence electrons. The van der Waals surface area contributed by atoms with Crippen LogP contribution in [0.1, 0.15) is 18.2 Å². The van der Waals surface area contributed by atoms with Gasteiger partial charge in [0, 0.05) is 12.1 Å². The minimum absolute atomic E-state index is 0.185. The molecule has 0 atom stereocenters. The molecule has 0 unspecified atom stereocenters. The van der Waals surface area contributed by atoms with Gasteiger partial charge >= 0.3 is 0 Å². The fraction of sp³-hybridized carbons (Fsp3) is 0.267.